The van der Waals surface area contributed by atoms with E-state index in [0.717, 1.165) is 0 Å². The quantitative estimate of drug-likeness (QED) is 0.598. The summed E-state index contributed by atoms with van der Waals surface area (Å²) in [6.45, 7) is 2.98. The van der Waals surface area contributed by atoms with Crippen LogP contribution in [0.3, 0.4) is 0 Å². The second kappa shape index (κ2) is 4.78. The van der Waals surface area contributed by atoms with Crippen LogP contribution in [0.2, 0.25) is 13.1 Å². The third-order valence-electron chi connectivity index (χ3n) is 3.51. The van der Waals surface area contributed by atoms with Crippen molar-refractivity contribution in [3.8, 4) is 0 Å². The first-order valence-corrected chi connectivity index (χ1v) is 11.7. The summed E-state index contributed by atoms with van der Waals surface area (Å²) in [5.41, 5.74) is 0. The van der Waals surface area contributed by atoms with Crippen LogP contribution in [0.15, 0.2) is 60.7 Å². The second-order valence-electron chi connectivity index (χ2n) is 4.74. The van der Waals surface area contributed by atoms with Crippen molar-refractivity contribution in [3.05, 3.63) is 60.7 Å². The summed E-state index contributed by atoms with van der Waals surface area (Å²) in [5, 5.41) is 1.09. The predicted molar refractivity (Wildman–Crippen MR) is 77.6 cm³/mol. The number of hydrogen-bond acceptors (Lipinski definition) is 0. The van der Waals surface area contributed by atoms with E-state index in [1.54, 1.807) is 48.5 Å². The fraction of sp³-hybridized carbons (Fsp3) is 0.143. The summed E-state index contributed by atoms with van der Waals surface area (Å²) in [7, 11) is -7.15. The molecule has 2 atom stereocenters. The van der Waals surface area contributed by atoms with Crippen molar-refractivity contribution in [2.24, 2.45) is 0 Å². The molecule has 0 aliphatic rings. The fourth-order valence-corrected chi connectivity index (χ4v) is 9.02. The molecule has 2 aromatic rings. The third kappa shape index (κ3) is 2.18. The van der Waals surface area contributed by atoms with E-state index in [1.807, 2.05) is 12.1 Å². The van der Waals surface area contributed by atoms with Crippen LogP contribution < -0.4 is 10.4 Å². The highest BCUT2D eigenvalue weighted by atomic mass is 29.3. The smallest absolute Gasteiger partial charge is 0.302 e. The van der Waals surface area contributed by atoms with Crippen LogP contribution >= 0.6 is 0 Å². The summed E-state index contributed by atoms with van der Waals surface area (Å²) in [6, 6.07) is 17.6. The zero-order valence-electron chi connectivity index (χ0n) is 10.5. The summed E-state index contributed by atoms with van der Waals surface area (Å²) in [6.07, 6.45) is 0. The molecule has 0 saturated heterocycles. The number of halogens is 2. The molecule has 94 valence electrons. The molecule has 0 fully saturated rings. The molecule has 0 heterocycles. The van der Waals surface area contributed by atoms with E-state index in [1.165, 1.54) is 13.1 Å². The Balaban J connectivity index is 2.47. The summed E-state index contributed by atoms with van der Waals surface area (Å²) >= 11 is 0. The Kier molecular flexibility index (Phi) is 3.50. The number of hydrogen-bond donors (Lipinski definition) is 0. The maximum atomic E-state index is 15.1. The van der Waals surface area contributed by atoms with Crippen LogP contribution in [0, 0.1) is 0 Å². The highest BCUT2D eigenvalue weighted by molar-refractivity contribution is 7.45. The molecule has 2 aromatic carbocycles. The van der Waals surface area contributed by atoms with E-state index in [-0.39, 0.29) is 0 Å². The molecule has 0 aliphatic heterocycles. The molecule has 0 amide bonds. The standard InChI is InChI=1S/C14H16F2Si2/c1-17(15,13-9-5-3-6-10-13)18(2,16)14-11-7-4-8-12-14/h3-12H,1-2H3. The molecule has 0 radical (unpaired) electrons. The van der Waals surface area contributed by atoms with Crippen molar-refractivity contribution in [1.29, 1.82) is 0 Å². The van der Waals surface area contributed by atoms with Crippen LogP contribution in [0.25, 0.3) is 0 Å². The second-order valence-corrected chi connectivity index (χ2v) is 15.5. The predicted octanol–water partition coefficient (Wildman–Crippen LogP) is 2.97. The van der Waals surface area contributed by atoms with Gasteiger partial charge in [-0.2, -0.15) is 0 Å². The summed E-state index contributed by atoms with van der Waals surface area (Å²) in [5.74, 6) is 0. The van der Waals surface area contributed by atoms with Gasteiger partial charge < -0.3 is 8.22 Å². The third-order valence-corrected chi connectivity index (χ3v) is 15.1. The van der Waals surface area contributed by atoms with E-state index in [9.17, 15) is 0 Å². The highest BCUT2D eigenvalue weighted by Crippen LogP contribution is 2.22. The van der Waals surface area contributed by atoms with Crippen LogP contribution in [-0.2, 0) is 0 Å². The fourth-order valence-electron chi connectivity index (χ4n) is 2.04. The van der Waals surface area contributed by atoms with E-state index >= 15 is 8.22 Å². The lowest BCUT2D eigenvalue weighted by Crippen LogP contribution is -2.67. The largest absolute Gasteiger partial charge is 0.308 e. The Morgan fingerprint density at radius 2 is 0.889 bits per heavy atom. The molecular weight excluding hydrogens is 262 g/mol. The van der Waals surface area contributed by atoms with Gasteiger partial charge in [0.2, 0.25) is 0 Å². The topological polar surface area (TPSA) is 0 Å². The van der Waals surface area contributed by atoms with Gasteiger partial charge in [-0.25, -0.2) is 0 Å². The van der Waals surface area contributed by atoms with Gasteiger partial charge in [0, 0.05) is 0 Å². The molecule has 0 aliphatic carbocycles. The van der Waals surface area contributed by atoms with E-state index in [4.69, 9.17) is 0 Å². The Morgan fingerprint density at radius 3 is 1.17 bits per heavy atom. The van der Waals surface area contributed by atoms with E-state index < -0.39 is 15.9 Å². The molecule has 0 N–H and O–H groups in total. The maximum absolute atomic E-state index is 15.1. The molecule has 4 heteroatoms. The summed E-state index contributed by atoms with van der Waals surface area (Å²) < 4.78 is 30.2. The molecule has 0 bridgehead atoms. The van der Waals surface area contributed by atoms with Crippen molar-refractivity contribution in [3.63, 3.8) is 0 Å². The Bertz CT molecular complexity index is 460. The van der Waals surface area contributed by atoms with Crippen molar-refractivity contribution in [1.82, 2.24) is 0 Å². The van der Waals surface area contributed by atoms with Crippen molar-refractivity contribution < 1.29 is 8.22 Å². The first-order valence-electron chi connectivity index (χ1n) is 5.95. The van der Waals surface area contributed by atoms with Gasteiger partial charge in [-0.1, -0.05) is 60.7 Å². The van der Waals surface area contributed by atoms with Gasteiger partial charge in [0.15, 0.2) is 0 Å². The first-order chi connectivity index (χ1) is 8.46. The SMILES string of the molecule is C[Si](F)(c1ccccc1)[Si](C)(F)c1ccccc1. The lowest BCUT2D eigenvalue weighted by molar-refractivity contribution is 0.782. The van der Waals surface area contributed by atoms with E-state index in [2.05, 4.69) is 0 Å². The lowest BCUT2D eigenvalue weighted by atomic mass is 10.4. The Hall–Kier alpha value is -1.27. The van der Waals surface area contributed by atoms with Crippen LogP contribution in [0.1, 0.15) is 0 Å². The van der Waals surface area contributed by atoms with Crippen molar-refractivity contribution in [2.75, 3.05) is 0 Å². The zero-order chi connectivity index (χ0) is 13.2. The van der Waals surface area contributed by atoms with Gasteiger partial charge in [-0.15, -0.1) is 0 Å². The zero-order valence-corrected chi connectivity index (χ0v) is 12.5. The van der Waals surface area contributed by atoms with Crippen molar-refractivity contribution >= 4 is 26.2 Å². The molecule has 0 aromatic heterocycles. The molecular formula is C14H16F2Si2. The lowest BCUT2D eigenvalue weighted by Gasteiger charge is -2.29. The first kappa shape index (κ1) is 13.2. The minimum absolute atomic E-state index is 0.547. The Morgan fingerprint density at radius 1 is 0.611 bits per heavy atom. The molecule has 2 unspecified atom stereocenters. The van der Waals surface area contributed by atoms with Gasteiger partial charge in [-0.05, 0) is 23.5 Å². The number of rotatable bonds is 3. The number of benzene rings is 2. The average Bonchev–Trinajstić information content (AvgIpc) is 2.40. The highest BCUT2D eigenvalue weighted by Gasteiger charge is 2.55. The van der Waals surface area contributed by atoms with Crippen LogP contribution in [0.4, 0.5) is 8.22 Å². The molecule has 18 heavy (non-hydrogen) atoms. The maximum Gasteiger partial charge on any atom is 0.302 e. The van der Waals surface area contributed by atoms with Gasteiger partial charge in [0.05, 0.1) is 0 Å². The normalized spacial score (nSPS) is 17.8. The van der Waals surface area contributed by atoms with Crippen molar-refractivity contribution in [2.45, 2.75) is 13.1 Å². The van der Waals surface area contributed by atoms with Crippen LogP contribution in [-0.4, -0.2) is 15.9 Å². The average molecular weight is 278 g/mol. The van der Waals surface area contributed by atoms with Gasteiger partial charge in [-0.3, -0.25) is 0 Å². The molecule has 0 saturated carbocycles. The van der Waals surface area contributed by atoms with Gasteiger partial charge in [0.25, 0.3) is 0 Å². The van der Waals surface area contributed by atoms with Gasteiger partial charge in [0.1, 0.15) is 0 Å². The van der Waals surface area contributed by atoms with E-state index in [0.29, 0.717) is 10.4 Å². The summed E-state index contributed by atoms with van der Waals surface area (Å²) in [4.78, 5) is 0. The monoisotopic (exact) mass is 278 g/mol. The molecule has 0 nitrogen and oxygen atoms in total. The minimum Gasteiger partial charge on any atom is -0.308 e. The minimum atomic E-state index is -3.58. The molecule has 2 rings (SSSR count). The van der Waals surface area contributed by atoms with Gasteiger partial charge >= 0.3 is 15.9 Å². The van der Waals surface area contributed by atoms with Crippen LogP contribution in [0.5, 0.6) is 0 Å². The Labute approximate surface area is 108 Å². The molecule has 0 spiro atoms.